The van der Waals surface area contributed by atoms with Gasteiger partial charge < -0.3 is 15.2 Å². The van der Waals surface area contributed by atoms with Crippen LogP contribution in [0.2, 0.25) is 10.0 Å². The van der Waals surface area contributed by atoms with E-state index in [2.05, 4.69) is 6.07 Å². The monoisotopic (exact) mass is 457 g/mol. The summed E-state index contributed by atoms with van der Waals surface area (Å²) in [5.74, 6) is -2.73. The fourth-order valence-electron chi connectivity index (χ4n) is 3.42. The average Bonchev–Trinajstić information content (AvgIpc) is 2.79. The Morgan fingerprint density at radius 1 is 1.06 bits per heavy atom. The highest BCUT2D eigenvalue weighted by Crippen LogP contribution is 2.45. The lowest BCUT2D eigenvalue weighted by molar-refractivity contribution is -0.139. The molecule has 1 atom stereocenters. The first-order valence-corrected chi connectivity index (χ1v) is 9.71. The average molecular weight is 458 g/mol. The second kappa shape index (κ2) is 9.13. The van der Waals surface area contributed by atoms with E-state index in [1.54, 1.807) is 36.4 Å². The molecular weight excluding hydrogens is 441 g/mol. The van der Waals surface area contributed by atoms with Crippen LogP contribution in [0.25, 0.3) is 0 Å². The Morgan fingerprint density at radius 2 is 1.71 bits per heavy atom. The van der Waals surface area contributed by atoms with Gasteiger partial charge in [-0.15, -0.1) is 0 Å². The Bertz CT molecular complexity index is 1150. The highest BCUT2D eigenvalue weighted by atomic mass is 35.5. The van der Waals surface area contributed by atoms with Crippen molar-refractivity contribution in [2.75, 3.05) is 19.1 Å². The van der Waals surface area contributed by atoms with E-state index in [0.717, 1.165) is 0 Å². The molecule has 1 aliphatic rings. The van der Waals surface area contributed by atoms with Crippen molar-refractivity contribution in [3.63, 3.8) is 0 Å². The molecule has 9 heteroatoms. The van der Waals surface area contributed by atoms with Crippen molar-refractivity contribution in [2.24, 2.45) is 5.73 Å². The summed E-state index contributed by atoms with van der Waals surface area (Å²) >= 11 is 12.5. The van der Waals surface area contributed by atoms with Crippen LogP contribution in [0.15, 0.2) is 71.2 Å². The number of carbonyl (C=O) groups excluding carboxylic acids is 2. The van der Waals surface area contributed by atoms with Crippen LogP contribution in [0.5, 0.6) is 0 Å². The number of nitrogens with zero attached hydrogens (tertiary/aromatic N) is 2. The van der Waals surface area contributed by atoms with E-state index in [1.165, 1.54) is 31.3 Å². The van der Waals surface area contributed by atoms with Gasteiger partial charge in [-0.25, -0.2) is 9.59 Å². The second-order valence-electron chi connectivity index (χ2n) is 6.43. The molecule has 2 aromatic rings. The predicted octanol–water partition coefficient (Wildman–Crippen LogP) is 3.89. The number of hydrogen-bond donors (Lipinski definition) is 1. The Kier molecular flexibility index (Phi) is 6.54. The van der Waals surface area contributed by atoms with E-state index in [1.807, 2.05) is 0 Å². The zero-order chi connectivity index (χ0) is 22.7. The topological polar surface area (TPSA) is 106 Å². The molecule has 2 aromatic carbocycles. The SMILES string of the molecule is COC(=O)C1=C(C(=O)OC)N(c2cc(Cl)ccc2Cl)C(N)=C(C#N)C1c1ccccc1. The number of ether oxygens (including phenoxy) is 2. The minimum Gasteiger partial charge on any atom is -0.466 e. The maximum Gasteiger partial charge on any atom is 0.355 e. The first-order valence-electron chi connectivity index (χ1n) is 8.96. The fraction of sp³-hybridized carbons (Fsp3) is 0.136. The maximum absolute atomic E-state index is 12.9. The van der Waals surface area contributed by atoms with Gasteiger partial charge in [0.1, 0.15) is 11.5 Å². The normalized spacial score (nSPS) is 16.1. The molecule has 158 valence electrons. The van der Waals surface area contributed by atoms with Crippen molar-refractivity contribution in [3.8, 4) is 6.07 Å². The van der Waals surface area contributed by atoms with Gasteiger partial charge in [0.15, 0.2) is 0 Å². The van der Waals surface area contributed by atoms with Crippen molar-refractivity contribution in [2.45, 2.75) is 5.92 Å². The number of allylic oxidation sites excluding steroid dienone is 1. The minimum atomic E-state index is -0.957. The number of hydrogen-bond acceptors (Lipinski definition) is 7. The Labute approximate surface area is 188 Å². The Hall–Kier alpha value is -3.47. The summed E-state index contributed by atoms with van der Waals surface area (Å²) in [4.78, 5) is 27.1. The summed E-state index contributed by atoms with van der Waals surface area (Å²) in [7, 11) is 2.34. The van der Waals surface area contributed by atoms with Gasteiger partial charge in [-0.1, -0.05) is 53.5 Å². The van der Waals surface area contributed by atoms with Crippen molar-refractivity contribution in [3.05, 3.63) is 86.8 Å². The highest BCUT2D eigenvalue weighted by Gasteiger charge is 2.43. The quantitative estimate of drug-likeness (QED) is 0.693. The molecule has 0 amide bonds. The van der Waals surface area contributed by atoms with Gasteiger partial charge in [0, 0.05) is 5.02 Å². The minimum absolute atomic E-state index is 0.0373. The number of methoxy groups -OCH3 is 2. The summed E-state index contributed by atoms with van der Waals surface area (Å²) in [6.07, 6.45) is 0. The number of esters is 2. The second-order valence-corrected chi connectivity index (χ2v) is 7.27. The molecule has 1 heterocycles. The van der Waals surface area contributed by atoms with Gasteiger partial charge in [0.2, 0.25) is 0 Å². The molecule has 0 fully saturated rings. The van der Waals surface area contributed by atoms with E-state index in [0.29, 0.717) is 10.6 Å². The summed E-state index contributed by atoms with van der Waals surface area (Å²) in [6.45, 7) is 0. The molecule has 7 nitrogen and oxygen atoms in total. The molecule has 0 aliphatic carbocycles. The lowest BCUT2D eigenvalue weighted by Gasteiger charge is -2.36. The molecule has 1 unspecified atom stereocenters. The van der Waals surface area contributed by atoms with Gasteiger partial charge in [-0.2, -0.15) is 5.26 Å². The van der Waals surface area contributed by atoms with E-state index in [9.17, 15) is 14.9 Å². The first-order chi connectivity index (χ1) is 14.8. The molecule has 0 aromatic heterocycles. The highest BCUT2D eigenvalue weighted by molar-refractivity contribution is 6.35. The van der Waals surface area contributed by atoms with Crippen molar-refractivity contribution < 1.29 is 19.1 Å². The number of nitriles is 1. The molecule has 3 rings (SSSR count). The van der Waals surface area contributed by atoms with E-state index in [4.69, 9.17) is 38.4 Å². The number of anilines is 1. The fourth-order valence-corrected chi connectivity index (χ4v) is 3.79. The molecule has 0 spiro atoms. The standard InChI is InChI=1S/C22H17Cl2N3O4/c1-30-21(28)18-17(12-6-4-3-5-7-12)14(11-25)20(26)27(19(18)22(29)31-2)16-10-13(23)8-9-15(16)24/h3-10,17H,26H2,1-2H3. The molecule has 0 radical (unpaired) electrons. The lowest BCUT2D eigenvalue weighted by Crippen LogP contribution is -2.40. The summed E-state index contributed by atoms with van der Waals surface area (Å²) in [6, 6.07) is 15.3. The van der Waals surface area contributed by atoms with E-state index in [-0.39, 0.29) is 33.4 Å². The predicted molar refractivity (Wildman–Crippen MR) is 116 cm³/mol. The first kappa shape index (κ1) is 22.2. The smallest absolute Gasteiger partial charge is 0.355 e. The molecule has 0 saturated heterocycles. The van der Waals surface area contributed by atoms with Gasteiger partial charge >= 0.3 is 11.9 Å². The van der Waals surface area contributed by atoms with Crippen LogP contribution < -0.4 is 10.6 Å². The Morgan fingerprint density at radius 3 is 2.29 bits per heavy atom. The van der Waals surface area contributed by atoms with Crippen LogP contribution in [-0.4, -0.2) is 26.2 Å². The summed E-state index contributed by atoms with van der Waals surface area (Å²) in [5.41, 5.74) is 6.87. The van der Waals surface area contributed by atoms with Crippen LogP contribution in [0.1, 0.15) is 11.5 Å². The summed E-state index contributed by atoms with van der Waals surface area (Å²) in [5, 5.41) is 10.5. The third-order valence-corrected chi connectivity index (χ3v) is 5.31. The largest absolute Gasteiger partial charge is 0.466 e. The van der Waals surface area contributed by atoms with Crippen molar-refractivity contribution >= 4 is 40.8 Å². The zero-order valence-corrected chi connectivity index (χ0v) is 18.1. The van der Waals surface area contributed by atoms with Gasteiger partial charge in [0.25, 0.3) is 0 Å². The molecule has 0 bridgehead atoms. The van der Waals surface area contributed by atoms with Crippen LogP contribution in [0.4, 0.5) is 5.69 Å². The summed E-state index contributed by atoms with van der Waals surface area (Å²) < 4.78 is 9.92. The third kappa shape index (κ3) is 3.96. The third-order valence-electron chi connectivity index (χ3n) is 4.76. The number of rotatable bonds is 4. The van der Waals surface area contributed by atoms with Crippen molar-refractivity contribution in [1.29, 1.82) is 5.26 Å². The molecule has 1 aliphatic heterocycles. The van der Waals surface area contributed by atoms with Crippen LogP contribution in [-0.2, 0) is 19.1 Å². The number of benzene rings is 2. The van der Waals surface area contributed by atoms with Crippen LogP contribution in [0.3, 0.4) is 0 Å². The number of carbonyl (C=O) groups is 2. The van der Waals surface area contributed by atoms with Crippen molar-refractivity contribution in [1.82, 2.24) is 0 Å². The number of nitrogens with two attached hydrogens (primary N) is 1. The maximum atomic E-state index is 12.9. The molecule has 2 N–H and O–H groups in total. The van der Waals surface area contributed by atoms with Gasteiger partial charge in [-0.05, 0) is 23.8 Å². The van der Waals surface area contributed by atoms with Crippen LogP contribution >= 0.6 is 23.2 Å². The molecule has 31 heavy (non-hydrogen) atoms. The van der Waals surface area contributed by atoms with Gasteiger partial charge in [-0.3, -0.25) is 4.90 Å². The van der Waals surface area contributed by atoms with Gasteiger partial charge in [0.05, 0.1) is 48.1 Å². The zero-order valence-electron chi connectivity index (χ0n) is 16.6. The van der Waals surface area contributed by atoms with E-state index >= 15 is 0 Å². The molecule has 0 saturated carbocycles. The van der Waals surface area contributed by atoms with Crippen LogP contribution in [0, 0.1) is 11.3 Å². The number of halogens is 2. The van der Waals surface area contributed by atoms with E-state index < -0.39 is 17.9 Å². The lowest BCUT2D eigenvalue weighted by atomic mass is 9.81. The Balaban J connectivity index is 2.45. The molecular formula is C22H17Cl2N3O4.